The zero-order valence-corrected chi connectivity index (χ0v) is 9.83. The lowest BCUT2D eigenvalue weighted by Crippen LogP contribution is -2.42. The summed E-state index contributed by atoms with van der Waals surface area (Å²) in [4.78, 5) is 22.4. The highest BCUT2D eigenvalue weighted by Crippen LogP contribution is 2.32. The molecular weight excluding hydrogens is 234 g/mol. The van der Waals surface area contributed by atoms with Gasteiger partial charge in [-0.05, 0) is 24.3 Å². The molecule has 1 saturated carbocycles. The molecule has 1 aliphatic rings. The van der Waals surface area contributed by atoms with E-state index in [1.807, 2.05) is 30.3 Å². The summed E-state index contributed by atoms with van der Waals surface area (Å²) in [6.45, 7) is 0.143. The Balaban J connectivity index is 1.79. The molecule has 5 nitrogen and oxygen atoms in total. The van der Waals surface area contributed by atoms with Crippen molar-refractivity contribution in [2.24, 2.45) is 5.92 Å². The lowest BCUT2D eigenvalue weighted by Gasteiger charge is -2.13. The number of carboxylic acids is 1. The zero-order chi connectivity index (χ0) is 13.0. The summed E-state index contributed by atoms with van der Waals surface area (Å²) in [6, 6.07) is 8.41. The molecule has 5 heteroatoms. The molecular formula is C13H15NO4. The fourth-order valence-corrected chi connectivity index (χ4v) is 1.70. The van der Waals surface area contributed by atoms with Crippen molar-refractivity contribution in [3.8, 4) is 0 Å². The van der Waals surface area contributed by atoms with E-state index in [0.717, 1.165) is 18.4 Å². The minimum absolute atomic E-state index is 0.0479. The van der Waals surface area contributed by atoms with E-state index in [0.29, 0.717) is 0 Å². The number of carbonyl (C=O) groups excluding carboxylic acids is 1. The average Bonchev–Trinajstić information content (AvgIpc) is 3.18. The van der Waals surface area contributed by atoms with E-state index in [9.17, 15) is 9.59 Å². The van der Waals surface area contributed by atoms with E-state index in [4.69, 9.17) is 9.84 Å². The number of hydrogen-bond acceptors (Lipinski definition) is 3. The van der Waals surface area contributed by atoms with Crippen LogP contribution >= 0.6 is 0 Å². The van der Waals surface area contributed by atoms with Crippen LogP contribution in [-0.2, 0) is 16.1 Å². The zero-order valence-electron chi connectivity index (χ0n) is 9.83. The molecule has 0 aliphatic heterocycles. The van der Waals surface area contributed by atoms with Gasteiger partial charge in [-0.2, -0.15) is 0 Å². The number of aliphatic carboxylic acids is 1. The molecule has 1 fully saturated rings. The fraction of sp³-hybridized carbons (Fsp3) is 0.385. The SMILES string of the molecule is O=C(NC(C(=O)O)C1CC1)OCc1ccccc1. The maximum atomic E-state index is 11.5. The minimum Gasteiger partial charge on any atom is -0.480 e. The number of ether oxygens (including phenoxy) is 1. The molecule has 0 heterocycles. The van der Waals surface area contributed by atoms with Crippen LogP contribution in [0.4, 0.5) is 4.79 Å². The summed E-state index contributed by atoms with van der Waals surface area (Å²) in [5, 5.41) is 11.3. The predicted molar refractivity (Wildman–Crippen MR) is 63.9 cm³/mol. The smallest absolute Gasteiger partial charge is 0.408 e. The Kier molecular flexibility index (Phi) is 3.82. The van der Waals surface area contributed by atoms with Crippen LogP contribution in [0.5, 0.6) is 0 Å². The van der Waals surface area contributed by atoms with Crippen molar-refractivity contribution in [3.63, 3.8) is 0 Å². The van der Waals surface area contributed by atoms with Crippen LogP contribution < -0.4 is 5.32 Å². The van der Waals surface area contributed by atoms with Gasteiger partial charge in [0.15, 0.2) is 0 Å². The first-order chi connectivity index (χ1) is 8.66. The first-order valence-corrected chi connectivity index (χ1v) is 5.87. The third-order valence-corrected chi connectivity index (χ3v) is 2.85. The van der Waals surface area contributed by atoms with Gasteiger partial charge in [-0.25, -0.2) is 9.59 Å². The van der Waals surface area contributed by atoms with Crippen molar-refractivity contribution < 1.29 is 19.4 Å². The van der Waals surface area contributed by atoms with Gasteiger partial charge in [-0.3, -0.25) is 0 Å². The molecule has 0 saturated heterocycles. The molecule has 1 amide bonds. The van der Waals surface area contributed by atoms with E-state index < -0.39 is 18.1 Å². The highest BCUT2D eigenvalue weighted by molar-refractivity contribution is 5.80. The molecule has 1 unspecified atom stereocenters. The Morgan fingerprint density at radius 1 is 1.33 bits per heavy atom. The van der Waals surface area contributed by atoms with Gasteiger partial charge in [0.25, 0.3) is 0 Å². The Bertz CT molecular complexity index is 428. The number of carboxylic acid groups (broad SMARTS) is 1. The molecule has 1 aromatic rings. The number of alkyl carbamates (subject to hydrolysis) is 1. The fourth-order valence-electron chi connectivity index (χ4n) is 1.70. The number of nitrogens with one attached hydrogen (secondary N) is 1. The highest BCUT2D eigenvalue weighted by atomic mass is 16.5. The lowest BCUT2D eigenvalue weighted by atomic mass is 10.2. The normalized spacial score (nSPS) is 15.8. The Morgan fingerprint density at radius 3 is 2.56 bits per heavy atom. The van der Waals surface area contributed by atoms with Crippen molar-refractivity contribution >= 4 is 12.1 Å². The quantitative estimate of drug-likeness (QED) is 0.834. The summed E-state index contributed by atoms with van der Waals surface area (Å²) in [5.74, 6) is -0.957. The third kappa shape index (κ3) is 3.48. The largest absolute Gasteiger partial charge is 0.480 e. The van der Waals surface area contributed by atoms with Gasteiger partial charge >= 0.3 is 12.1 Å². The number of benzene rings is 1. The van der Waals surface area contributed by atoms with E-state index in [1.165, 1.54) is 0 Å². The van der Waals surface area contributed by atoms with Crippen molar-refractivity contribution in [2.75, 3.05) is 0 Å². The summed E-state index contributed by atoms with van der Waals surface area (Å²) in [6.07, 6.45) is 1.00. The molecule has 0 spiro atoms. The van der Waals surface area contributed by atoms with Gasteiger partial charge in [-0.1, -0.05) is 30.3 Å². The molecule has 0 aromatic heterocycles. The lowest BCUT2D eigenvalue weighted by molar-refractivity contribution is -0.139. The average molecular weight is 249 g/mol. The molecule has 2 N–H and O–H groups in total. The topological polar surface area (TPSA) is 75.6 Å². The second-order valence-electron chi connectivity index (χ2n) is 4.36. The monoisotopic (exact) mass is 249 g/mol. The molecule has 96 valence electrons. The number of carbonyl (C=O) groups is 2. The molecule has 1 atom stereocenters. The van der Waals surface area contributed by atoms with Crippen LogP contribution in [0.15, 0.2) is 30.3 Å². The second kappa shape index (κ2) is 5.53. The molecule has 1 aromatic carbocycles. The van der Waals surface area contributed by atoms with Crippen molar-refractivity contribution in [2.45, 2.75) is 25.5 Å². The van der Waals surface area contributed by atoms with Crippen molar-refractivity contribution in [3.05, 3.63) is 35.9 Å². The summed E-state index contributed by atoms with van der Waals surface area (Å²) in [7, 11) is 0. The van der Waals surface area contributed by atoms with Gasteiger partial charge < -0.3 is 15.2 Å². The van der Waals surface area contributed by atoms with Crippen LogP contribution in [0.2, 0.25) is 0 Å². The van der Waals surface area contributed by atoms with Gasteiger partial charge in [0.1, 0.15) is 12.6 Å². The summed E-state index contributed by atoms with van der Waals surface area (Å²) in [5.41, 5.74) is 0.867. The van der Waals surface area contributed by atoms with Crippen LogP contribution in [-0.4, -0.2) is 23.2 Å². The standard InChI is InChI=1S/C13H15NO4/c15-12(16)11(10-6-7-10)14-13(17)18-8-9-4-2-1-3-5-9/h1-5,10-11H,6-8H2,(H,14,17)(H,15,16). The molecule has 2 rings (SSSR count). The van der Waals surface area contributed by atoms with Gasteiger partial charge in [-0.15, -0.1) is 0 Å². The van der Waals surface area contributed by atoms with Gasteiger partial charge in [0.2, 0.25) is 0 Å². The molecule has 0 radical (unpaired) electrons. The van der Waals surface area contributed by atoms with E-state index in [2.05, 4.69) is 5.32 Å². The minimum atomic E-state index is -1.01. The Labute approximate surface area is 105 Å². The molecule has 1 aliphatic carbocycles. The molecule has 18 heavy (non-hydrogen) atoms. The predicted octanol–water partition coefficient (Wildman–Crippen LogP) is 1.78. The van der Waals surface area contributed by atoms with Gasteiger partial charge in [0, 0.05) is 0 Å². The number of hydrogen-bond donors (Lipinski definition) is 2. The highest BCUT2D eigenvalue weighted by Gasteiger charge is 2.37. The van der Waals surface area contributed by atoms with E-state index in [-0.39, 0.29) is 12.5 Å². The van der Waals surface area contributed by atoms with E-state index >= 15 is 0 Å². The number of rotatable bonds is 5. The maximum Gasteiger partial charge on any atom is 0.408 e. The van der Waals surface area contributed by atoms with Crippen LogP contribution in [0, 0.1) is 5.92 Å². The first kappa shape index (κ1) is 12.4. The third-order valence-electron chi connectivity index (χ3n) is 2.85. The van der Waals surface area contributed by atoms with Crippen LogP contribution in [0.25, 0.3) is 0 Å². The van der Waals surface area contributed by atoms with E-state index in [1.54, 1.807) is 0 Å². The second-order valence-corrected chi connectivity index (χ2v) is 4.36. The van der Waals surface area contributed by atoms with Crippen molar-refractivity contribution in [1.29, 1.82) is 0 Å². The molecule has 0 bridgehead atoms. The maximum absolute atomic E-state index is 11.5. The van der Waals surface area contributed by atoms with Crippen LogP contribution in [0.3, 0.4) is 0 Å². The van der Waals surface area contributed by atoms with Gasteiger partial charge in [0.05, 0.1) is 0 Å². The summed E-state index contributed by atoms with van der Waals surface area (Å²) >= 11 is 0. The Hall–Kier alpha value is -2.04. The Morgan fingerprint density at radius 2 is 2.00 bits per heavy atom. The first-order valence-electron chi connectivity index (χ1n) is 5.87. The number of amides is 1. The van der Waals surface area contributed by atoms with Crippen LogP contribution in [0.1, 0.15) is 18.4 Å². The summed E-state index contributed by atoms with van der Waals surface area (Å²) < 4.78 is 4.97. The van der Waals surface area contributed by atoms with Crippen molar-refractivity contribution in [1.82, 2.24) is 5.32 Å².